The van der Waals surface area contributed by atoms with Gasteiger partial charge in [-0.1, -0.05) is 0 Å². The van der Waals surface area contributed by atoms with Crippen LogP contribution in [0.1, 0.15) is 24.2 Å². The quantitative estimate of drug-likeness (QED) is 0.877. The number of pyridine rings is 1. The first-order valence-corrected chi connectivity index (χ1v) is 7.00. The van der Waals surface area contributed by atoms with Gasteiger partial charge in [-0.15, -0.1) is 0 Å². The number of nitrogens with zero attached hydrogens (tertiary/aromatic N) is 1. The maximum absolute atomic E-state index is 12.4. The lowest BCUT2D eigenvalue weighted by atomic mass is 10.2. The molecule has 1 heterocycles. The van der Waals surface area contributed by atoms with E-state index < -0.39 is 23.7 Å². The Morgan fingerprint density at radius 3 is 2.46 bits per heavy atom. The maximum Gasteiger partial charge on any atom is 0.416 e. The van der Waals surface area contributed by atoms with Crippen LogP contribution in [-0.2, 0) is 11.0 Å². The first-order valence-electron chi connectivity index (χ1n) is 7.00. The number of hydrogen-bond acceptors (Lipinski definition) is 4. The Kier molecular flexibility index (Phi) is 5.28. The predicted molar refractivity (Wildman–Crippen MR) is 79.4 cm³/mol. The monoisotopic (exact) mass is 340 g/mol. The van der Waals surface area contributed by atoms with Gasteiger partial charge in [-0.2, -0.15) is 13.2 Å². The molecule has 128 valence electrons. The molecule has 0 radical (unpaired) electrons. The number of aromatic hydroxyl groups is 1. The minimum Gasteiger partial charge on any atom is -0.506 e. The molecule has 0 saturated heterocycles. The van der Waals surface area contributed by atoms with Crippen molar-refractivity contribution < 1.29 is 27.8 Å². The molecule has 0 bridgehead atoms. The van der Waals surface area contributed by atoms with Crippen LogP contribution in [0, 0.1) is 0 Å². The molecule has 0 aliphatic carbocycles. The Morgan fingerprint density at radius 1 is 1.25 bits per heavy atom. The van der Waals surface area contributed by atoms with E-state index in [0.717, 1.165) is 24.3 Å². The second-order valence-corrected chi connectivity index (χ2v) is 5.04. The lowest BCUT2D eigenvalue weighted by Gasteiger charge is -2.14. The van der Waals surface area contributed by atoms with Crippen LogP contribution in [0.4, 0.5) is 13.2 Å². The lowest BCUT2D eigenvalue weighted by molar-refractivity contribution is -0.137. The van der Waals surface area contributed by atoms with Crippen LogP contribution >= 0.6 is 0 Å². The van der Waals surface area contributed by atoms with Crippen molar-refractivity contribution in [2.24, 2.45) is 0 Å². The summed E-state index contributed by atoms with van der Waals surface area (Å²) in [5.41, 5.74) is -0.234. The summed E-state index contributed by atoms with van der Waals surface area (Å²) in [7, 11) is 0. The van der Waals surface area contributed by atoms with Crippen molar-refractivity contribution in [3.63, 3.8) is 0 Å². The van der Waals surface area contributed by atoms with Crippen molar-refractivity contribution in [3.05, 3.63) is 53.9 Å². The number of aromatic nitrogens is 1. The van der Waals surface area contributed by atoms with Gasteiger partial charge in [0.1, 0.15) is 11.5 Å². The largest absolute Gasteiger partial charge is 0.506 e. The number of hydrogen-bond donors (Lipinski definition) is 2. The second-order valence-electron chi connectivity index (χ2n) is 5.04. The molecule has 0 fully saturated rings. The fourth-order valence-corrected chi connectivity index (χ4v) is 1.90. The molecule has 0 spiro atoms. The maximum atomic E-state index is 12.4. The van der Waals surface area contributed by atoms with Crippen LogP contribution in [0.3, 0.4) is 0 Å². The highest BCUT2D eigenvalue weighted by atomic mass is 19.4. The number of nitrogens with one attached hydrogen (secondary N) is 1. The molecule has 2 rings (SSSR count). The van der Waals surface area contributed by atoms with E-state index in [0.29, 0.717) is 5.69 Å². The first-order chi connectivity index (χ1) is 11.3. The van der Waals surface area contributed by atoms with E-state index in [1.165, 1.54) is 12.3 Å². The van der Waals surface area contributed by atoms with Crippen LogP contribution in [0.5, 0.6) is 11.5 Å². The number of amides is 1. The minimum absolute atomic E-state index is 0.0166. The zero-order valence-electron chi connectivity index (χ0n) is 12.7. The average molecular weight is 340 g/mol. The molecule has 1 atom stereocenters. The van der Waals surface area contributed by atoms with Crippen LogP contribution in [0.25, 0.3) is 0 Å². The van der Waals surface area contributed by atoms with Gasteiger partial charge >= 0.3 is 6.18 Å². The fraction of sp³-hybridized carbons (Fsp3) is 0.250. The van der Waals surface area contributed by atoms with Gasteiger partial charge in [0.05, 0.1) is 23.5 Å². The van der Waals surface area contributed by atoms with Gasteiger partial charge in [-0.3, -0.25) is 9.78 Å². The Hall–Kier alpha value is -2.77. The van der Waals surface area contributed by atoms with E-state index in [1.54, 1.807) is 13.0 Å². The molecule has 2 N–H and O–H groups in total. The van der Waals surface area contributed by atoms with E-state index in [2.05, 4.69) is 10.3 Å². The van der Waals surface area contributed by atoms with E-state index in [9.17, 15) is 18.0 Å². The molecule has 0 aliphatic rings. The number of benzene rings is 1. The minimum atomic E-state index is -4.41. The molecular weight excluding hydrogens is 325 g/mol. The van der Waals surface area contributed by atoms with Crippen LogP contribution < -0.4 is 10.1 Å². The molecule has 1 aromatic heterocycles. The third-order valence-electron chi connectivity index (χ3n) is 3.14. The summed E-state index contributed by atoms with van der Waals surface area (Å²) in [5.74, 6) is -0.270. The van der Waals surface area contributed by atoms with Crippen molar-refractivity contribution in [1.29, 1.82) is 0 Å². The number of carbonyl (C=O) groups is 1. The molecule has 0 aliphatic heterocycles. The Balaban J connectivity index is 1.85. The molecule has 0 unspecified atom stereocenters. The highest BCUT2D eigenvalue weighted by molar-refractivity contribution is 5.77. The summed E-state index contributed by atoms with van der Waals surface area (Å²) in [6, 6.07) is 6.68. The molecule has 2 aromatic rings. The Bertz CT molecular complexity index is 685. The summed E-state index contributed by atoms with van der Waals surface area (Å²) in [6.45, 7) is 1.36. The summed E-state index contributed by atoms with van der Waals surface area (Å²) in [4.78, 5) is 15.8. The first kappa shape index (κ1) is 17.6. The normalized spacial score (nSPS) is 12.5. The zero-order valence-corrected chi connectivity index (χ0v) is 12.7. The Labute approximate surface area is 136 Å². The molecular formula is C16H15F3N2O3. The van der Waals surface area contributed by atoms with Gasteiger partial charge in [0.15, 0.2) is 6.61 Å². The highest BCUT2D eigenvalue weighted by Crippen LogP contribution is 2.30. The third-order valence-corrected chi connectivity index (χ3v) is 3.14. The van der Waals surface area contributed by atoms with Gasteiger partial charge in [-0.25, -0.2) is 0 Å². The van der Waals surface area contributed by atoms with Gasteiger partial charge in [0, 0.05) is 0 Å². The van der Waals surface area contributed by atoms with Crippen LogP contribution in [0.2, 0.25) is 0 Å². The molecule has 5 nitrogen and oxygen atoms in total. The SMILES string of the molecule is C[C@@H](NC(=O)COc1ccc(C(F)(F)F)cc1)c1ccc(O)cn1. The summed E-state index contributed by atoms with van der Waals surface area (Å²) < 4.78 is 42.5. The summed E-state index contributed by atoms with van der Waals surface area (Å²) in [5, 5.41) is 11.8. The van der Waals surface area contributed by atoms with Gasteiger partial charge in [-0.05, 0) is 43.3 Å². The fourth-order valence-electron chi connectivity index (χ4n) is 1.90. The summed E-state index contributed by atoms with van der Waals surface area (Å²) >= 11 is 0. The van der Waals surface area contributed by atoms with E-state index >= 15 is 0 Å². The van der Waals surface area contributed by atoms with Crippen molar-refractivity contribution in [1.82, 2.24) is 10.3 Å². The number of ether oxygens (including phenoxy) is 1. The number of carbonyl (C=O) groups excluding carboxylic acids is 1. The van der Waals surface area contributed by atoms with Crippen molar-refractivity contribution in [2.45, 2.75) is 19.1 Å². The smallest absolute Gasteiger partial charge is 0.416 e. The number of alkyl halides is 3. The standard InChI is InChI=1S/C16H15F3N2O3/c1-10(14-7-4-12(22)8-20-14)21-15(23)9-24-13-5-2-11(3-6-13)16(17,18)19/h2-8,10,22H,9H2,1H3,(H,21,23)/t10-/m1/s1. The van der Waals surface area contributed by atoms with E-state index in [-0.39, 0.29) is 18.1 Å². The molecule has 24 heavy (non-hydrogen) atoms. The second kappa shape index (κ2) is 7.20. The van der Waals surface area contributed by atoms with Crippen LogP contribution in [0.15, 0.2) is 42.6 Å². The molecule has 1 aromatic carbocycles. The molecule has 0 saturated carbocycles. The number of halogens is 3. The van der Waals surface area contributed by atoms with Gasteiger partial charge in [0.2, 0.25) is 0 Å². The lowest BCUT2D eigenvalue weighted by Crippen LogP contribution is -2.31. The average Bonchev–Trinajstić information content (AvgIpc) is 2.53. The number of rotatable bonds is 5. The van der Waals surface area contributed by atoms with Crippen molar-refractivity contribution >= 4 is 5.91 Å². The van der Waals surface area contributed by atoms with Crippen molar-refractivity contribution in [3.8, 4) is 11.5 Å². The Morgan fingerprint density at radius 2 is 1.92 bits per heavy atom. The zero-order chi connectivity index (χ0) is 17.7. The van der Waals surface area contributed by atoms with Crippen molar-refractivity contribution in [2.75, 3.05) is 6.61 Å². The highest BCUT2D eigenvalue weighted by Gasteiger charge is 2.30. The third kappa shape index (κ3) is 4.87. The topological polar surface area (TPSA) is 71.5 Å². The summed E-state index contributed by atoms with van der Waals surface area (Å²) in [6.07, 6.45) is -3.15. The molecule has 8 heteroatoms. The van der Waals surface area contributed by atoms with Gasteiger partial charge < -0.3 is 15.2 Å². The van der Waals surface area contributed by atoms with E-state index in [1.807, 2.05) is 0 Å². The van der Waals surface area contributed by atoms with Gasteiger partial charge in [0.25, 0.3) is 5.91 Å². The predicted octanol–water partition coefficient (Wildman–Crippen LogP) is 3.06. The van der Waals surface area contributed by atoms with Crippen LogP contribution in [-0.4, -0.2) is 22.6 Å². The van der Waals surface area contributed by atoms with E-state index in [4.69, 9.17) is 9.84 Å². The molecule has 1 amide bonds.